The molecular weight excluding hydrogens is 372 g/mol. The highest BCUT2D eigenvalue weighted by Crippen LogP contribution is 2.30. The van der Waals surface area contributed by atoms with Gasteiger partial charge >= 0.3 is 5.97 Å². The molecule has 0 bridgehead atoms. The zero-order valence-corrected chi connectivity index (χ0v) is 16.0. The fourth-order valence-electron chi connectivity index (χ4n) is 3.17. The van der Waals surface area contributed by atoms with E-state index >= 15 is 0 Å². The van der Waals surface area contributed by atoms with Gasteiger partial charge < -0.3 is 35.5 Å². The van der Waals surface area contributed by atoms with E-state index in [9.17, 15) is 30.0 Å². The summed E-state index contributed by atoms with van der Waals surface area (Å²) in [6, 6.07) is -2.11. The van der Waals surface area contributed by atoms with E-state index in [1.165, 1.54) is 19.4 Å². The lowest BCUT2D eigenvalue weighted by Gasteiger charge is -2.35. The van der Waals surface area contributed by atoms with Crippen LogP contribution in [0.4, 0.5) is 0 Å². The molecular formula is C17H28N4O7. The Bertz CT molecular complexity index is 668. The molecule has 1 aliphatic rings. The largest absolute Gasteiger partial charge is 0.480 e. The number of nitrogens with zero attached hydrogens (tertiary/aromatic N) is 1. The summed E-state index contributed by atoms with van der Waals surface area (Å²) in [5.74, 6) is -2.09. The number of carbonyl (C=O) groups is 2. The fraction of sp³-hybridized carbons (Fsp3) is 0.706. The topological polar surface area (TPSA) is 177 Å². The van der Waals surface area contributed by atoms with Gasteiger partial charge in [-0.05, 0) is 12.8 Å². The zero-order valence-electron chi connectivity index (χ0n) is 16.0. The number of aliphatic hydroxyl groups is 3. The molecule has 1 aliphatic heterocycles. The number of aromatic nitrogens is 2. The number of H-pyrrole nitrogens is 1. The first-order valence-electron chi connectivity index (χ1n) is 9.02. The van der Waals surface area contributed by atoms with Gasteiger partial charge in [-0.15, -0.1) is 0 Å². The number of imidazole rings is 1. The van der Waals surface area contributed by atoms with Crippen LogP contribution in [0, 0.1) is 5.92 Å². The maximum atomic E-state index is 12.8. The van der Waals surface area contributed by atoms with Crippen molar-refractivity contribution in [2.45, 2.75) is 63.3 Å². The number of carboxylic acid groups (broad SMARTS) is 1. The first-order chi connectivity index (χ1) is 13.1. The summed E-state index contributed by atoms with van der Waals surface area (Å²) in [5, 5.41) is 44.3. The molecule has 158 valence electrons. The molecule has 11 heteroatoms. The summed E-state index contributed by atoms with van der Waals surface area (Å²) in [6.07, 6.45) is -0.814. The maximum Gasteiger partial charge on any atom is 0.326 e. The number of aliphatic carboxylic acids is 1. The highest BCUT2D eigenvalue weighted by Gasteiger charge is 2.52. The van der Waals surface area contributed by atoms with E-state index < -0.39 is 54.6 Å². The summed E-state index contributed by atoms with van der Waals surface area (Å²) < 4.78 is 5.52. The number of nitrogens with one attached hydrogen (secondary N) is 3. The van der Waals surface area contributed by atoms with Gasteiger partial charge in [-0.1, -0.05) is 13.8 Å². The van der Waals surface area contributed by atoms with Crippen LogP contribution in [0.15, 0.2) is 12.5 Å². The van der Waals surface area contributed by atoms with Gasteiger partial charge in [-0.25, -0.2) is 9.78 Å². The summed E-state index contributed by atoms with van der Waals surface area (Å²) in [5.41, 5.74) is -0.946. The van der Waals surface area contributed by atoms with Crippen molar-refractivity contribution >= 4 is 11.9 Å². The van der Waals surface area contributed by atoms with Crippen molar-refractivity contribution in [2.24, 2.45) is 5.92 Å². The Morgan fingerprint density at radius 3 is 2.54 bits per heavy atom. The molecule has 0 spiro atoms. The lowest BCUT2D eigenvalue weighted by molar-refractivity contribution is -0.144. The van der Waals surface area contributed by atoms with Crippen molar-refractivity contribution in [1.82, 2.24) is 20.6 Å². The number of hydrogen-bond acceptors (Lipinski definition) is 8. The van der Waals surface area contributed by atoms with Crippen LogP contribution in [0.1, 0.15) is 26.5 Å². The number of amides is 1. The molecule has 2 rings (SSSR count). The Kier molecular flexibility index (Phi) is 7.12. The van der Waals surface area contributed by atoms with E-state index in [0.717, 1.165) is 0 Å². The molecule has 1 saturated heterocycles. The second-order valence-corrected chi connectivity index (χ2v) is 7.43. The van der Waals surface area contributed by atoms with Crippen molar-refractivity contribution in [1.29, 1.82) is 0 Å². The number of carbonyl (C=O) groups excluding carboxylic acids is 1. The van der Waals surface area contributed by atoms with Gasteiger partial charge in [0.25, 0.3) is 0 Å². The van der Waals surface area contributed by atoms with Crippen molar-refractivity contribution in [3.63, 3.8) is 0 Å². The van der Waals surface area contributed by atoms with Gasteiger partial charge in [0, 0.05) is 18.3 Å². The van der Waals surface area contributed by atoms with Crippen molar-refractivity contribution in [2.75, 3.05) is 6.61 Å². The third kappa shape index (κ3) is 4.86. The van der Waals surface area contributed by atoms with Gasteiger partial charge in [0.1, 0.15) is 30.1 Å². The lowest BCUT2D eigenvalue weighted by Crippen LogP contribution is -2.62. The molecule has 1 aromatic heterocycles. The van der Waals surface area contributed by atoms with Crippen LogP contribution in [0.2, 0.25) is 0 Å². The third-order valence-corrected chi connectivity index (χ3v) is 4.83. The first kappa shape index (κ1) is 22.2. The van der Waals surface area contributed by atoms with Gasteiger partial charge in [-0.3, -0.25) is 10.1 Å². The smallest absolute Gasteiger partial charge is 0.326 e. The summed E-state index contributed by atoms with van der Waals surface area (Å²) in [4.78, 5) is 30.9. The molecule has 1 unspecified atom stereocenters. The van der Waals surface area contributed by atoms with E-state index in [4.69, 9.17) is 4.74 Å². The fourth-order valence-corrected chi connectivity index (χ4v) is 3.17. The van der Waals surface area contributed by atoms with Crippen LogP contribution in [-0.4, -0.2) is 85.0 Å². The van der Waals surface area contributed by atoms with E-state index in [1.807, 2.05) is 0 Å². The van der Waals surface area contributed by atoms with Crippen LogP contribution in [0.5, 0.6) is 0 Å². The van der Waals surface area contributed by atoms with E-state index in [1.54, 1.807) is 13.8 Å². The van der Waals surface area contributed by atoms with Gasteiger partial charge in [0.15, 0.2) is 0 Å². The number of carboxylic acids is 1. The summed E-state index contributed by atoms with van der Waals surface area (Å²) in [6.45, 7) is 4.44. The summed E-state index contributed by atoms with van der Waals surface area (Å²) in [7, 11) is 0. The first-order valence-corrected chi connectivity index (χ1v) is 9.02. The van der Waals surface area contributed by atoms with Gasteiger partial charge in [0.2, 0.25) is 5.91 Å². The van der Waals surface area contributed by atoms with Crippen LogP contribution in [0.25, 0.3) is 0 Å². The minimum atomic E-state index is -1.50. The zero-order chi connectivity index (χ0) is 21.1. The number of rotatable bonds is 9. The summed E-state index contributed by atoms with van der Waals surface area (Å²) >= 11 is 0. The molecule has 0 radical (unpaired) electrons. The standard InChI is InChI=1S/C17H28N4O7/c1-8(2)12(21-17(3)14(24)13(23)11(6-22)28-17)15(25)20-10(16(26)27)4-9-5-18-7-19-9/h5,7-8,10-14,21-24H,4,6H2,1-3H3,(H,18,19)(H,20,25)(H,26,27)/t10-,11+,12-,13+,14-,17?/m0/s1. The quantitative estimate of drug-likeness (QED) is 0.246. The van der Waals surface area contributed by atoms with E-state index in [2.05, 4.69) is 20.6 Å². The molecule has 1 fully saturated rings. The number of ether oxygens (including phenoxy) is 1. The van der Waals surface area contributed by atoms with Crippen LogP contribution in [-0.2, 0) is 20.7 Å². The molecule has 0 saturated carbocycles. The lowest BCUT2D eigenvalue weighted by atomic mass is 9.97. The second kappa shape index (κ2) is 8.97. The average molecular weight is 400 g/mol. The van der Waals surface area contributed by atoms with Crippen LogP contribution < -0.4 is 10.6 Å². The highest BCUT2D eigenvalue weighted by molar-refractivity contribution is 5.87. The molecule has 2 heterocycles. The van der Waals surface area contributed by atoms with Gasteiger partial charge in [0.05, 0.1) is 19.0 Å². The molecule has 6 atom stereocenters. The minimum absolute atomic E-state index is 0.0214. The highest BCUT2D eigenvalue weighted by atomic mass is 16.6. The average Bonchev–Trinajstić information content (AvgIpc) is 3.21. The third-order valence-electron chi connectivity index (χ3n) is 4.83. The Hall–Kier alpha value is -2.05. The molecule has 1 aromatic rings. The predicted octanol–water partition coefficient (Wildman–Crippen LogP) is -2.04. The molecule has 7 N–H and O–H groups in total. The van der Waals surface area contributed by atoms with Crippen molar-refractivity contribution in [3.8, 4) is 0 Å². The Morgan fingerprint density at radius 1 is 1.39 bits per heavy atom. The van der Waals surface area contributed by atoms with Crippen molar-refractivity contribution in [3.05, 3.63) is 18.2 Å². The van der Waals surface area contributed by atoms with Crippen LogP contribution in [0.3, 0.4) is 0 Å². The Labute approximate surface area is 162 Å². The maximum absolute atomic E-state index is 12.8. The monoisotopic (exact) mass is 400 g/mol. The molecule has 28 heavy (non-hydrogen) atoms. The second-order valence-electron chi connectivity index (χ2n) is 7.43. The van der Waals surface area contributed by atoms with Crippen molar-refractivity contribution < 1.29 is 34.8 Å². The van der Waals surface area contributed by atoms with E-state index in [0.29, 0.717) is 5.69 Å². The normalized spacial score (nSPS) is 29.6. The van der Waals surface area contributed by atoms with E-state index in [-0.39, 0.29) is 12.3 Å². The predicted molar refractivity (Wildman–Crippen MR) is 96.0 cm³/mol. The number of aromatic amines is 1. The molecule has 0 aliphatic carbocycles. The number of hydrogen-bond donors (Lipinski definition) is 7. The Balaban J connectivity index is 2.11. The minimum Gasteiger partial charge on any atom is -0.480 e. The Morgan fingerprint density at radius 2 is 2.07 bits per heavy atom. The molecule has 0 aromatic carbocycles. The number of aliphatic hydroxyl groups excluding tert-OH is 3. The van der Waals surface area contributed by atoms with Crippen LogP contribution >= 0.6 is 0 Å². The molecule has 11 nitrogen and oxygen atoms in total. The molecule has 1 amide bonds. The SMILES string of the molecule is CC(C)[C@H](NC1(C)O[C@H](CO)[C@@H](O)[C@@H]1O)C(=O)N[C@@H](Cc1cnc[nH]1)C(=O)O. The van der Waals surface area contributed by atoms with Gasteiger partial charge in [-0.2, -0.15) is 0 Å².